The molecule has 1 fully saturated rings. The molecule has 0 bridgehead atoms. The largest absolute Gasteiger partial charge is 0.494 e. The van der Waals surface area contributed by atoms with Gasteiger partial charge in [-0.3, -0.25) is 0 Å². The molecular weight excluding hydrogens is 409 g/mol. The average molecular weight is 439 g/mol. The van der Waals surface area contributed by atoms with E-state index in [1.807, 2.05) is 37.3 Å². The van der Waals surface area contributed by atoms with Gasteiger partial charge in [0.15, 0.2) is 23.2 Å². The van der Waals surface area contributed by atoms with Crippen molar-refractivity contribution in [1.82, 2.24) is 0 Å². The first-order valence-corrected chi connectivity index (χ1v) is 11.3. The maximum Gasteiger partial charge on any atom is 0.166 e. The van der Waals surface area contributed by atoms with Crippen molar-refractivity contribution >= 4 is 0 Å². The second-order valence-corrected chi connectivity index (χ2v) is 8.92. The summed E-state index contributed by atoms with van der Waals surface area (Å²) in [5.74, 6) is -0.728. The van der Waals surface area contributed by atoms with Crippen LogP contribution in [0.25, 0.3) is 11.1 Å². The number of hydrogen-bond acceptors (Lipinski definition) is 1. The summed E-state index contributed by atoms with van der Waals surface area (Å²) in [4.78, 5) is 0. The zero-order chi connectivity index (χ0) is 22.7. The maximum absolute atomic E-state index is 14.7. The van der Waals surface area contributed by atoms with Crippen LogP contribution < -0.4 is 4.74 Å². The summed E-state index contributed by atoms with van der Waals surface area (Å²) < 4.78 is 48.5. The van der Waals surface area contributed by atoms with Gasteiger partial charge in [-0.15, -0.1) is 0 Å². The van der Waals surface area contributed by atoms with Crippen LogP contribution in [0.15, 0.2) is 54.6 Å². The van der Waals surface area contributed by atoms with Gasteiger partial charge in [-0.05, 0) is 86.1 Å². The fourth-order valence-corrected chi connectivity index (χ4v) is 4.82. The first-order valence-electron chi connectivity index (χ1n) is 11.3. The number of rotatable bonds is 6. The van der Waals surface area contributed by atoms with E-state index in [9.17, 15) is 13.2 Å². The Bertz CT molecular complexity index is 1070. The molecule has 1 nitrogen and oxygen atoms in total. The van der Waals surface area contributed by atoms with Crippen LogP contribution in [0.2, 0.25) is 0 Å². The molecule has 1 aliphatic carbocycles. The topological polar surface area (TPSA) is 9.23 Å². The molecule has 0 atom stereocenters. The highest BCUT2D eigenvalue weighted by atomic mass is 19.2. The van der Waals surface area contributed by atoms with Crippen molar-refractivity contribution in [2.45, 2.75) is 51.4 Å². The smallest absolute Gasteiger partial charge is 0.166 e. The summed E-state index contributed by atoms with van der Waals surface area (Å²) in [6.07, 6.45) is 5.38. The molecule has 1 saturated carbocycles. The molecule has 0 aromatic heterocycles. The lowest BCUT2D eigenvalue weighted by atomic mass is 9.77. The van der Waals surface area contributed by atoms with Gasteiger partial charge in [-0.25, -0.2) is 13.2 Å². The third kappa shape index (κ3) is 4.85. The molecule has 0 unspecified atom stereocenters. The van der Waals surface area contributed by atoms with Crippen molar-refractivity contribution in [1.29, 1.82) is 0 Å². The average Bonchev–Trinajstić information content (AvgIpc) is 2.81. The van der Waals surface area contributed by atoms with E-state index in [1.165, 1.54) is 7.11 Å². The van der Waals surface area contributed by atoms with Gasteiger partial charge in [0.1, 0.15) is 0 Å². The third-order valence-corrected chi connectivity index (χ3v) is 6.84. The van der Waals surface area contributed by atoms with Crippen molar-refractivity contribution in [3.63, 3.8) is 0 Å². The summed E-state index contributed by atoms with van der Waals surface area (Å²) in [7, 11) is 1.47. The van der Waals surface area contributed by atoms with Crippen molar-refractivity contribution in [2.24, 2.45) is 5.92 Å². The van der Waals surface area contributed by atoms with Gasteiger partial charge in [0.25, 0.3) is 0 Å². The van der Waals surface area contributed by atoms with Crippen molar-refractivity contribution in [2.75, 3.05) is 7.11 Å². The third-order valence-electron chi connectivity index (χ3n) is 6.84. The standard InChI is InChI=1S/C28H29F3O/c1-18-3-8-21(9-4-18)24-15-13-22(27(30)28(24)31)12-7-19-5-10-20(11-6-19)23-14-16-26(32-2)25(29)17-23/h3-4,8-9,13-17,19-20H,5-7,10-12H2,1-2H3. The monoisotopic (exact) mass is 438 g/mol. The molecule has 32 heavy (non-hydrogen) atoms. The van der Waals surface area contributed by atoms with Crippen molar-refractivity contribution in [3.8, 4) is 16.9 Å². The molecule has 0 N–H and O–H groups in total. The Labute approximate surface area is 188 Å². The zero-order valence-electron chi connectivity index (χ0n) is 18.6. The Morgan fingerprint density at radius 3 is 2.22 bits per heavy atom. The normalized spacial score (nSPS) is 18.5. The molecular formula is C28H29F3O. The summed E-state index contributed by atoms with van der Waals surface area (Å²) in [6, 6.07) is 16.1. The summed E-state index contributed by atoms with van der Waals surface area (Å²) >= 11 is 0. The van der Waals surface area contributed by atoms with E-state index in [0.29, 0.717) is 34.9 Å². The van der Waals surface area contributed by atoms with E-state index in [4.69, 9.17) is 4.74 Å². The van der Waals surface area contributed by atoms with Gasteiger partial charge >= 0.3 is 0 Å². The maximum atomic E-state index is 14.7. The molecule has 168 valence electrons. The molecule has 0 heterocycles. The van der Waals surface area contributed by atoms with Crippen LogP contribution in [0, 0.1) is 30.3 Å². The highest BCUT2D eigenvalue weighted by molar-refractivity contribution is 5.65. The fraction of sp³-hybridized carbons (Fsp3) is 0.357. The van der Waals surface area contributed by atoms with Crippen molar-refractivity contribution < 1.29 is 17.9 Å². The van der Waals surface area contributed by atoms with Gasteiger partial charge in [0.05, 0.1) is 7.11 Å². The summed E-state index contributed by atoms with van der Waals surface area (Å²) in [5, 5.41) is 0. The zero-order valence-corrected chi connectivity index (χ0v) is 18.6. The van der Waals surface area contributed by atoms with Crippen LogP contribution in [0.5, 0.6) is 5.75 Å². The minimum Gasteiger partial charge on any atom is -0.494 e. The van der Waals surface area contributed by atoms with Crippen molar-refractivity contribution in [3.05, 3.63) is 88.7 Å². The van der Waals surface area contributed by atoms with Crippen LogP contribution in [0.4, 0.5) is 13.2 Å². The Morgan fingerprint density at radius 2 is 1.56 bits per heavy atom. The van der Waals surface area contributed by atoms with E-state index < -0.39 is 11.6 Å². The number of aryl methyl sites for hydroxylation is 2. The molecule has 1 aliphatic rings. The highest BCUT2D eigenvalue weighted by Crippen LogP contribution is 2.39. The Morgan fingerprint density at radius 1 is 0.844 bits per heavy atom. The number of ether oxygens (including phenoxy) is 1. The molecule has 0 amide bonds. The number of halogens is 3. The fourth-order valence-electron chi connectivity index (χ4n) is 4.82. The van der Waals surface area contributed by atoms with Crippen LogP contribution in [-0.2, 0) is 6.42 Å². The van der Waals surface area contributed by atoms with Crippen LogP contribution >= 0.6 is 0 Å². The van der Waals surface area contributed by atoms with Gasteiger partial charge in [-0.2, -0.15) is 0 Å². The van der Waals surface area contributed by atoms with Crippen LogP contribution in [-0.4, -0.2) is 7.11 Å². The highest BCUT2D eigenvalue weighted by Gasteiger charge is 2.24. The van der Waals surface area contributed by atoms with Gasteiger partial charge in [0.2, 0.25) is 0 Å². The number of methoxy groups -OCH3 is 1. The van der Waals surface area contributed by atoms with E-state index in [0.717, 1.165) is 43.2 Å². The molecule has 4 heteroatoms. The molecule has 0 radical (unpaired) electrons. The predicted molar refractivity (Wildman–Crippen MR) is 123 cm³/mol. The van der Waals surface area contributed by atoms with Crippen LogP contribution in [0.1, 0.15) is 54.7 Å². The Balaban J connectivity index is 1.35. The van der Waals surface area contributed by atoms with E-state index >= 15 is 0 Å². The van der Waals surface area contributed by atoms with Gasteiger partial charge in [-0.1, -0.05) is 48.0 Å². The first kappa shape index (κ1) is 22.4. The molecule has 3 aromatic rings. The Hall–Kier alpha value is -2.75. The molecule has 0 aliphatic heterocycles. The molecule has 0 spiro atoms. The summed E-state index contributed by atoms with van der Waals surface area (Å²) in [6.45, 7) is 1.96. The molecule has 0 saturated heterocycles. The minimum absolute atomic E-state index is 0.269. The molecule has 3 aromatic carbocycles. The predicted octanol–water partition coefficient (Wildman–Crippen LogP) is 7.99. The number of benzene rings is 3. The Kier molecular flexibility index (Phi) is 6.88. The van der Waals surface area contributed by atoms with Gasteiger partial charge < -0.3 is 4.74 Å². The lowest BCUT2D eigenvalue weighted by Crippen LogP contribution is -2.14. The van der Waals surface area contributed by atoms with E-state index in [-0.39, 0.29) is 11.6 Å². The minimum atomic E-state index is -0.767. The number of hydrogen-bond donors (Lipinski definition) is 0. The second kappa shape index (κ2) is 9.81. The lowest BCUT2D eigenvalue weighted by Gasteiger charge is -2.29. The molecule has 4 rings (SSSR count). The van der Waals surface area contributed by atoms with E-state index in [1.54, 1.807) is 24.3 Å². The van der Waals surface area contributed by atoms with Crippen LogP contribution in [0.3, 0.4) is 0 Å². The summed E-state index contributed by atoms with van der Waals surface area (Å²) in [5.41, 5.74) is 3.53. The van der Waals surface area contributed by atoms with Gasteiger partial charge in [0, 0.05) is 5.56 Å². The quantitative estimate of drug-likeness (QED) is 0.379. The first-order chi connectivity index (χ1) is 15.5. The lowest BCUT2D eigenvalue weighted by molar-refractivity contribution is 0.308. The van der Waals surface area contributed by atoms with E-state index in [2.05, 4.69) is 0 Å². The second-order valence-electron chi connectivity index (χ2n) is 8.92. The SMILES string of the molecule is COc1ccc(C2CCC(CCc3ccc(-c4ccc(C)cc4)c(F)c3F)CC2)cc1F.